The highest BCUT2D eigenvalue weighted by Crippen LogP contribution is 2.35. The monoisotopic (exact) mass is 527 g/mol. The number of sulfonamides is 1. The number of fused-ring (bicyclic) bond motifs is 1. The van der Waals surface area contributed by atoms with Gasteiger partial charge in [-0.05, 0) is 48.0 Å². The first kappa shape index (κ1) is 25.0. The number of carbonyl (C=O) groups is 1. The number of amides is 1. The normalized spacial score (nSPS) is 15.7. The maximum absolute atomic E-state index is 13.0. The van der Waals surface area contributed by atoms with E-state index >= 15 is 0 Å². The minimum Gasteiger partial charge on any atom is -0.495 e. The van der Waals surface area contributed by atoms with Crippen molar-refractivity contribution in [2.75, 3.05) is 11.8 Å². The Morgan fingerprint density at radius 1 is 0.921 bits per heavy atom. The third-order valence-electron chi connectivity index (χ3n) is 6.07. The number of anilines is 1. The molecule has 9 heteroatoms. The molecule has 0 spiro atoms. The number of nitrogens with zero attached hydrogens (tertiary/aromatic N) is 1. The highest BCUT2D eigenvalue weighted by Gasteiger charge is 2.26. The predicted molar refractivity (Wildman–Crippen MR) is 145 cm³/mol. The van der Waals surface area contributed by atoms with Crippen LogP contribution in [0.2, 0.25) is 0 Å². The molecule has 0 aromatic heterocycles. The van der Waals surface area contributed by atoms with E-state index in [2.05, 4.69) is 15.2 Å². The molecular weight excluding hydrogens is 502 g/mol. The zero-order valence-electron chi connectivity index (χ0n) is 20.5. The fourth-order valence-electron chi connectivity index (χ4n) is 4.17. The average molecular weight is 528 g/mol. The van der Waals surface area contributed by atoms with Crippen molar-refractivity contribution in [1.82, 2.24) is 5.43 Å². The summed E-state index contributed by atoms with van der Waals surface area (Å²) in [6.07, 6.45) is 0.203. The molecule has 5 rings (SSSR count). The standard InChI is InChI=1S/C29H25N3O5S/c1-36-27-17-8-6-15-24(27)32-38(34,35)22-13-9-12-21(18-22)29(33)31-30-25-19-28(20-10-3-2-4-11-20)37-26-16-7-5-14-23(25)26/h2-18,28,32H,19H2,1H3,(H,31,33). The lowest BCUT2D eigenvalue weighted by atomic mass is 9.96. The first-order valence-corrected chi connectivity index (χ1v) is 13.4. The summed E-state index contributed by atoms with van der Waals surface area (Å²) < 4.78 is 40.0. The van der Waals surface area contributed by atoms with Gasteiger partial charge in [-0.1, -0.05) is 60.7 Å². The van der Waals surface area contributed by atoms with Gasteiger partial charge in [0, 0.05) is 17.5 Å². The molecule has 4 aromatic rings. The fraction of sp³-hybridized carbons (Fsp3) is 0.103. The van der Waals surface area contributed by atoms with Gasteiger partial charge < -0.3 is 9.47 Å². The van der Waals surface area contributed by atoms with Crippen molar-refractivity contribution in [3.05, 3.63) is 120 Å². The molecule has 0 radical (unpaired) electrons. The van der Waals surface area contributed by atoms with Crippen LogP contribution in [0.25, 0.3) is 0 Å². The van der Waals surface area contributed by atoms with Crippen molar-refractivity contribution in [3.8, 4) is 11.5 Å². The van der Waals surface area contributed by atoms with E-state index in [1.165, 1.54) is 31.4 Å². The van der Waals surface area contributed by atoms with Crippen molar-refractivity contribution in [1.29, 1.82) is 0 Å². The minimum absolute atomic E-state index is 0.0655. The van der Waals surface area contributed by atoms with Gasteiger partial charge in [0.25, 0.3) is 15.9 Å². The molecule has 1 amide bonds. The van der Waals surface area contributed by atoms with Crippen molar-refractivity contribution in [2.45, 2.75) is 17.4 Å². The van der Waals surface area contributed by atoms with Crippen LogP contribution < -0.4 is 19.6 Å². The average Bonchev–Trinajstić information content (AvgIpc) is 2.96. The lowest BCUT2D eigenvalue weighted by molar-refractivity contribution is 0.0954. The molecule has 2 N–H and O–H groups in total. The Hall–Kier alpha value is -4.63. The summed E-state index contributed by atoms with van der Waals surface area (Å²) in [6.45, 7) is 0. The van der Waals surface area contributed by atoms with Gasteiger partial charge in [0.2, 0.25) is 0 Å². The Morgan fingerprint density at radius 2 is 1.66 bits per heavy atom. The Labute approximate surface area is 221 Å². The SMILES string of the molecule is COc1ccccc1NS(=O)(=O)c1cccc(C(=O)NN=C2CC(c3ccccc3)Oc3ccccc32)c1. The van der Waals surface area contributed by atoms with Gasteiger partial charge in [0.05, 0.1) is 23.4 Å². The number of hydrazone groups is 1. The minimum atomic E-state index is -3.98. The maximum Gasteiger partial charge on any atom is 0.271 e. The van der Waals surface area contributed by atoms with E-state index in [1.807, 2.05) is 54.6 Å². The number of nitrogens with one attached hydrogen (secondary N) is 2. The van der Waals surface area contributed by atoms with E-state index < -0.39 is 15.9 Å². The van der Waals surface area contributed by atoms with Gasteiger partial charge in [0.15, 0.2) is 0 Å². The molecular formula is C29H25N3O5S. The van der Waals surface area contributed by atoms with Crippen LogP contribution in [0, 0.1) is 0 Å². The number of rotatable bonds is 7. The van der Waals surface area contributed by atoms with Gasteiger partial charge >= 0.3 is 0 Å². The lowest BCUT2D eigenvalue weighted by Crippen LogP contribution is -2.25. The molecule has 0 aliphatic carbocycles. The van der Waals surface area contributed by atoms with Crippen molar-refractivity contribution >= 4 is 27.3 Å². The summed E-state index contributed by atoms with van der Waals surface area (Å²) in [5.41, 5.74) is 5.48. The molecule has 8 nitrogen and oxygen atoms in total. The first-order chi connectivity index (χ1) is 18.4. The second-order valence-electron chi connectivity index (χ2n) is 8.55. The Balaban J connectivity index is 1.37. The number of methoxy groups -OCH3 is 1. The number of hydrogen-bond donors (Lipinski definition) is 2. The molecule has 1 aliphatic rings. The van der Waals surface area contributed by atoms with E-state index in [9.17, 15) is 13.2 Å². The second-order valence-corrected chi connectivity index (χ2v) is 10.2. The van der Waals surface area contributed by atoms with Crippen LogP contribution in [0.4, 0.5) is 5.69 Å². The Morgan fingerprint density at radius 3 is 2.47 bits per heavy atom. The topological polar surface area (TPSA) is 106 Å². The van der Waals surface area contributed by atoms with Crippen LogP contribution in [0.15, 0.2) is 113 Å². The lowest BCUT2D eigenvalue weighted by Gasteiger charge is -2.27. The number of ether oxygens (including phenoxy) is 2. The molecule has 0 bridgehead atoms. The van der Waals surface area contributed by atoms with Crippen LogP contribution >= 0.6 is 0 Å². The summed E-state index contributed by atoms with van der Waals surface area (Å²) in [7, 11) is -2.52. The van der Waals surface area contributed by atoms with E-state index in [4.69, 9.17) is 9.47 Å². The fourth-order valence-corrected chi connectivity index (χ4v) is 5.28. The van der Waals surface area contributed by atoms with Crippen LogP contribution in [0.1, 0.15) is 34.0 Å². The summed E-state index contributed by atoms with van der Waals surface area (Å²) >= 11 is 0. The van der Waals surface area contributed by atoms with Crippen LogP contribution in [0.3, 0.4) is 0 Å². The Bertz CT molecular complexity index is 1600. The molecule has 0 saturated heterocycles. The molecule has 1 heterocycles. The zero-order valence-corrected chi connectivity index (χ0v) is 21.3. The van der Waals surface area contributed by atoms with Crippen LogP contribution in [0.5, 0.6) is 11.5 Å². The van der Waals surface area contributed by atoms with Crippen LogP contribution in [-0.2, 0) is 10.0 Å². The number of benzene rings is 4. The van der Waals surface area contributed by atoms with Gasteiger partial charge in [-0.25, -0.2) is 13.8 Å². The summed E-state index contributed by atoms with van der Waals surface area (Å²) in [6, 6.07) is 29.8. The van der Waals surface area contributed by atoms with Gasteiger partial charge in [-0.3, -0.25) is 9.52 Å². The predicted octanol–water partition coefficient (Wildman–Crippen LogP) is 5.15. The summed E-state index contributed by atoms with van der Waals surface area (Å²) in [5, 5.41) is 4.41. The number of para-hydroxylation sites is 3. The molecule has 192 valence electrons. The maximum atomic E-state index is 13.0. The van der Waals surface area contributed by atoms with Gasteiger partial charge in [0.1, 0.15) is 17.6 Å². The summed E-state index contributed by atoms with van der Waals surface area (Å²) in [5.74, 6) is 0.523. The van der Waals surface area contributed by atoms with Crippen molar-refractivity contribution in [2.24, 2.45) is 5.10 Å². The van der Waals surface area contributed by atoms with Gasteiger partial charge in [-0.15, -0.1) is 0 Å². The second kappa shape index (κ2) is 10.8. The number of carbonyl (C=O) groups excluding carboxylic acids is 1. The number of hydrogen-bond acceptors (Lipinski definition) is 6. The molecule has 0 fully saturated rings. The third-order valence-corrected chi connectivity index (χ3v) is 7.43. The molecule has 38 heavy (non-hydrogen) atoms. The zero-order chi connectivity index (χ0) is 26.5. The smallest absolute Gasteiger partial charge is 0.271 e. The molecule has 4 aromatic carbocycles. The quantitative estimate of drug-likeness (QED) is 0.323. The molecule has 1 atom stereocenters. The van der Waals surface area contributed by atoms with Crippen LogP contribution in [-0.4, -0.2) is 27.1 Å². The van der Waals surface area contributed by atoms with Gasteiger partial charge in [-0.2, -0.15) is 5.10 Å². The Kier molecular flexibility index (Phi) is 7.10. The molecule has 0 saturated carbocycles. The molecule has 1 unspecified atom stereocenters. The first-order valence-electron chi connectivity index (χ1n) is 11.9. The van der Waals surface area contributed by atoms with Crippen molar-refractivity contribution < 1.29 is 22.7 Å². The highest BCUT2D eigenvalue weighted by atomic mass is 32.2. The van der Waals surface area contributed by atoms with Crippen molar-refractivity contribution in [3.63, 3.8) is 0 Å². The van der Waals surface area contributed by atoms with E-state index in [-0.39, 0.29) is 16.6 Å². The van der Waals surface area contributed by atoms with E-state index in [1.54, 1.807) is 24.3 Å². The van der Waals surface area contributed by atoms with E-state index in [0.29, 0.717) is 29.3 Å². The summed E-state index contributed by atoms with van der Waals surface area (Å²) in [4.78, 5) is 12.9. The molecule has 1 aliphatic heterocycles. The van der Waals surface area contributed by atoms with E-state index in [0.717, 1.165) is 11.1 Å². The highest BCUT2D eigenvalue weighted by molar-refractivity contribution is 7.92. The largest absolute Gasteiger partial charge is 0.495 e. The third kappa shape index (κ3) is 5.37.